The number of hydrogen-bond acceptors (Lipinski definition) is 5. The van der Waals surface area contributed by atoms with E-state index in [2.05, 4.69) is 47.5 Å². The van der Waals surface area contributed by atoms with E-state index in [0.29, 0.717) is 12.1 Å². The number of benzene rings is 2. The molecule has 1 aliphatic rings. The zero-order valence-corrected chi connectivity index (χ0v) is 17.1. The van der Waals surface area contributed by atoms with E-state index in [1.807, 2.05) is 30.0 Å². The van der Waals surface area contributed by atoms with Crippen LogP contribution in [0, 0.1) is 0 Å². The second-order valence-electron chi connectivity index (χ2n) is 7.14. The summed E-state index contributed by atoms with van der Waals surface area (Å²) in [4.78, 5) is 16.5. The summed E-state index contributed by atoms with van der Waals surface area (Å²) in [5, 5.41) is 4.38. The van der Waals surface area contributed by atoms with Crippen molar-refractivity contribution in [2.75, 3.05) is 31.9 Å². The third-order valence-electron chi connectivity index (χ3n) is 5.09. The molecule has 1 fully saturated rings. The summed E-state index contributed by atoms with van der Waals surface area (Å²) in [6, 6.07) is 16.4. The molecule has 0 amide bonds. The Kier molecular flexibility index (Phi) is 6.15. The van der Waals surface area contributed by atoms with Crippen LogP contribution in [0.1, 0.15) is 18.9 Å². The summed E-state index contributed by atoms with van der Waals surface area (Å²) in [5.41, 5.74) is 3.30. The SMILES string of the molecule is CCCSc1cccc(-c2c(CN3CCNCC3)c(=O)oc3ccccc23)c1. The van der Waals surface area contributed by atoms with Gasteiger partial charge in [-0.15, -0.1) is 11.8 Å². The molecule has 3 aromatic rings. The van der Waals surface area contributed by atoms with Gasteiger partial charge in [-0.25, -0.2) is 4.79 Å². The van der Waals surface area contributed by atoms with Gasteiger partial charge in [0.25, 0.3) is 0 Å². The molecule has 1 saturated heterocycles. The number of nitrogens with one attached hydrogen (secondary N) is 1. The first-order chi connectivity index (χ1) is 13.8. The highest BCUT2D eigenvalue weighted by Gasteiger charge is 2.20. The van der Waals surface area contributed by atoms with Gasteiger partial charge in [-0.3, -0.25) is 4.90 Å². The van der Waals surface area contributed by atoms with Crippen LogP contribution in [0.25, 0.3) is 22.1 Å². The third kappa shape index (κ3) is 4.17. The number of piperazine rings is 1. The summed E-state index contributed by atoms with van der Waals surface area (Å²) in [7, 11) is 0. The molecule has 2 aromatic carbocycles. The number of fused-ring (bicyclic) bond motifs is 1. The first-order valence-electron chi connectivity index (χ1n) is 9.97. The maximum absolute atomic E-state index is 12.9. The normalized spacial score (nSPS) is 15.2. The minimum absolute atomic E-state index is 0.223. The molecule has 0 saturated carbocycles. The van der Waals surface area contributed by atoms with Gasteiger partial charge in [0.2, 0.25) is 0 Å². The largest absolute Gasteiger partial charge is 0.422 e. The Bertz CT molecular complexity index is 1010. The van der Waals surface area contributed by atoms with Crippen molar-refractivity contribution in [2.24, 2.45) is 0 Å². The number of rotatable bonds is 6. The van der Waals surface area contributed by atoms with Crippen LogP contribution in [0.5, 0.6) is 0 Å². The van der Waals surface area contributed by atoms with Crippen LogP contribution in [0.15, 0.2) is 62.6 Å². The number of hydrogen-bond donors (Lipinski definition) is 1. The van der Waals surface area contributed by atoms with E-state index in [4.69, 9.17) is 4.42 Å². The highest BCUT2D eigenvalue weighted by molar-refractivity contribution is 7.99. The Balaban J connectivity index is 1.84. The fraction of sp³-hybridized carbons (Fsp3) is 0.348. The summed E-state index contributed by atoms with van der Waals surface area (Å²) >= 11 is 1.86. The van der Waals surface area contributed by atoms with Crippen molar-refractivity contribution in [3.8, 4) is 11.1 Å². The van der Waals surface area contributed by atoms with Gasteiger partial charge in [-0.05, 0) is 35.9 Å². The molecular formula is C23H26N2O2S. The van der Waals surface area contributed by atoms with Crippen molar-refractivity contribution in [2.45, 2.75) is 24.8 Å². The minimum atomic E-state index is -0.223. The van der Waals surface area contributed by atoms with Crippen LogP contribution < -0.4 is 10.9 Å². The van der Waals surface area contributed by atoms with Gasteiger partial charge in [0.05, 0.1) is 5.56 Å². The lowest BCUT2D eigenvalue weighted by Gasteiger charge is -2.27. The quantitative estimate of drug-likeness (QED) is 0.497. The Hall–Kier alpha value is -2.08. The molecule has 1 N–H and O–H groups in total. The van der Waals surface area contributed by atoms with Crippen LogP contribution in [0.2, 0.25) is 0 Å². The van der Waals surface area contributed by atoms with Crippen LogP contribution in [0.3, 0.4) is 0 Å². The van der Waals surface area contributed by atoms with Crippen molar-refractivity contribution in [3.05, 3.63) is 64.5 Å². The first kappa shape index (κ1) is 19.2. The molecule has 1 aliphatic heterocycles. The van der Waals surface area contributed by atoms with E-state index in [0.717, 1.165) is 60.4 Å². The van der Waals surface area contributed by atoms with Crippen LogP contribution >= 0.6 is 11.8 Å². The standard InChI is InChI=1S/C23H26N2O2S/c1-2-14-28-18-7-5-6-17(15-18)22-19-8-3-4-9-21(19)27-23(26)20(22)16-25-12-10-24-11-13-25/h3-9,15,24H,2,10-14,16H2,1H3. The van der Waals surface area contributed by atoms with Gasteiger partial charge in [0.1, 0.15) is 5.58 Å². The summed E-state index contributed by atoms with van der Waals surface area (Å²) in [6.07, 6.45) is 1.14. The molecule has 28 heavy (non-hydrogen) atoms. The van der Waals surface area contributed by atoms with E-state index in [9.17, 15) is 4.79 Å². The summed E-state index contributed by atoms with van der Waals surface area (Å²) in [5.74, 6) is 1.09. The predicted octanol–water partition coefficient (Wildman–Crippen LogP) is 4.37. The molecular weight excluding hydrogens is 368 g/mol. The fourth-order valence-corrected chi connectivity index (χ4v) is 4.54. The number of thioether (sulfide) groups is 1. The predicted molar refractivity (Wildman–Crippen MR) is 117 cm³/mol. The Labute approximate surface area is 169 Å². The molecule has 0 bridgehead atoms. The van der Waals surface area contributed by atoms with Gasteiger partial charge < -0.3 is 9.73 Å². The summed E-state index contributed by atoms with van der Waals surface area (Å²) in [6.45, 7) is 6.61. The molecule has 146 valence electrons. The van der Waals surface area contributed by atoms with E-state index >= 15 is 0 Å². The third-order valence-corrected chi connectivity index (χ3v) is 6.29. The minimum Gasteiger partial charge on any atom is -0.422 e. The maximum Gasteiger partial charge on any atom is 0.341 e. The molecule has 0 radical (unpaired) electrons. The Morgan fingerprint density at radius 1 is 1.11 bits per heavy atom. The molecule has 0 aliphatic carbocycles. The second-order valence-corrected chi connectivity index (χ2v) is 8.31. The fourth-order valence-electron chi connectivity index (χ4n) is 3.72. The average Bonchev–Trinajstić information content (AvgIpc) is 2.74. The van der Waals surface area contributed by atoms with Crippen molar-refractivity contribution < 1.29 is 4.42 Å². The number of para-hydroxylation sites is 1. The van der Waals surface area contributed by atoms with E-state index < -0.39 is 0 Å². The Morgan fingerprint density at radius 3 is 2.75 bits per heavy atom. The highest BCUT2D eigenvalue weighted by atomic mass is 32.2. The van der Waals surface area contributed by atoms with Crippen molar-refractivity contribution in [1.29, 1.82) is 0 Å². The average molecular weight is 395 g/mol. The van der Waals surface area contributed by atoms with Crippen molar-refractivity contribution in [1.82, 2.24) is 10.2 Å². The van der Waals surface area contributed by atoms with Crippen molar-refractivity contribution in [3.63, 3.8) is 0 Å². The molecule has 1 aromatic heterocycles. The molecule has 5 heteroatoms. The van der Waals surface area contributed by atoms with Crippen LogP contribution in [-0.4, -0.2) is 36.8 Å². The van der Waals surface area contributed by atoms with E-state index in [1.54, 1.807) is 0 Å². The topological polar surface area (TPSA) is 45.5 Å². The Morgan fingerprint density at radius 2 is 1.93 bits per heavy atom. The number of nitrogens with zero attached hydrogens (tertiary/aromatic N) is 1. The van der Waals surface area contributed by atoms with Gasteiger partial charge in [-0.1, -0.05) is 37.3 Å². The van der Waals surface area contributed by atoms with Gasteiger partial charge in [0, 0.05) is 48.6 Å². The van der Waals surface area contributed by atoms with E-state index in [1.165, 1.54) is 4.90 Å². The van der Waals surface area contributed by atoms with Gasteiger partial charge in [-0.2, -0.15) is 0 Å². The van der Waals surface area contributed by atoms with Crippen LogP contribution in [0.4, 0.5) is 0 Å². The maximum atomic E-state index is 12.9. The zero-order valence-electron chi connectivity index (χ0n) is 16.2. The molecule has 4 rings (SSSR count). The van der Waals surface area contributed by atoms with Crippen molar-refractivity contribution >= 4 is 22.7 Å². The highest BCUT2D eigenvalue weighted by Crippen LogP contribution is 2.33. The molecule has 0 spiro atoms. The lowest BCUT2D eigenvalue weighted by atomic mass is 9.96. The molecule has 0 atom stereocenters. The lowest BCUT2D eigenvalue weighted by molar-refractivity contribution is 0.231. The monoisotopic (exact) mass is 394 g/mol. The molecule has 4 nitrogen and oxygen atoms in total. The van der Waals surface area contributed by atoms with Gasteiger partial charge in [0.15, 0.2) is 0 Å². The molecule has 2 heterocycles. The zero-order chi connectivity index (χ0) is 19.3. The second kappa shape index (κ2) is 8.95. The molecule has 0 unspecified atom stereocenters. The van der Waals surface area contributed by atoms with Crippen LogP contribution in [-0.2, 0) is 6.54 Å². The smallest absolute Gasteiger partial charge is 0.341 e. The first-order valence-corrected chi connectivity index (χ1v) is 11.0. The lowest BCUT2D eigenvalue weighted by Crippen LogP contribution is -2.43. The van der Waals surface area contributed by atoms with E-state index in [-0.39, 0.29) is 5.63 Å². The van der Waals surface area contributed by atoms with Gasteiger partial charge >= 0.3 is 5.63 Å². The summed E-state index contributed by atoms with van der Waals surface area (Å²) < 4.78 is 5.69.